The minimum atomic E-state index is 0.542. The molecule has 4 heteroatoms. The van der Waals surface area contributed by atoms with Crippen molar-refractivity contribution in [2.24, 2.45) is 0 Å². The van der Waals surface area contributed by atoms with E-state index in [1.54, 1.807) is 0 Å². The summed E-state index contributed by atoms with van der Waals surface area (Å²) in [6.45, 7) is 6.92. The monoisotopic (exact) mass is 300 g/mol. The first-order valence-corrected chi connectivity index (χ1v) is 7.80. The zero-order chi connectivity index (χ0) is 13.7. The quantitative estimate of drug-likeness (QED) is 0.863. The summed E-state index contributed by atoms with van der Waals surface area (Å²) in [5.74, 6) is 0. The fourth-order valence-corrected chi connectivity index (χ4v) is 2.90. The molecule has 106 valence electrons. The lowest BCUT2D eigenvalue weighted by atomic mass is 10.1. The van der Waals surface area contributed by atoms with Gasteiger partial charge in [0.15, 0.2) is 0 Å². The molecule has 1 unspecified atom stereocenters. The molecule has 0 radical (unpaired) electrons. The highest BCUT2D eigenvalue weighted by Gasteiger charge is 2.13. The van der Waals surface area contributed by atoms with Crippen molar-refractivity contribution >= 4 is 23.2 Å². The molecule has 0 bridgehead atoms. The second-order valence-corrected chi connectivity index (χ2v) is 6.18. The average molecular weight is 301 g/mol. The summed E-state index contributed by atoms with van der Waals surface area (Å²) in [7, 11) is 0. The molecule has 0 spiro atoms. The van der Waals surface area contributed by atoms with Gasteiger partial charge >= 0.3 is 0 Å². The Kier molecular flexibility index (Phi) is 5.96. The highest BCUT2D eigenvalue weighted by atomic mass is 35.5. The van der Waals surface area contributed by atoms with Crippen LogP contribution in [0, 0.1) is 0 Å². The van der Waals surface area contributed by atoms with Gasteiger partial charge in [-0.25, -0.2) is 0 Å². The van der Waals surface area contributed by atoms with Crippen LogP contribution in [0.5, 0.6) is 0 Å². The van der Waals surface area contributed by atoms with Crippen LogP contribution in [-0.4, -0.2) is 37.1 Å². The summed E-state index contributed by atoms with van der Waals surface area (Å²) in [4.78, 5) is 2.54. The van der Waals surface area contributed by atoms with Crippen LogP contribution in [0.15, 0.2) is 18.2 Å². The molecule has 1 aromatic rings. The topological polar surface area (TPSA) is 15.3 Å². The largest absolute Gasteiger partial charge is 0.313 e. The Morgan fingerprint density at radius 3 is 2.63 bits per heavy atom. The van der Waals surface area contributed by atoms with Gasteiger partial charge in [-0.05, 0) is 63.5 Å². The van der Waals surface area contributed by atoms with E-state index in [4.69, 9.17) is 23.2 Å². The van der Waals surface area contributed by atoms with Gasteiger partial charge in [-0.2, -0.15) is 0 Å². The summed E-state index contributed by atoms with van der Waals surface area (Å²) in [5, 5.41) is 4.84. The highest BCUT2D eigenvalue weighted by Crippen LogP contribution is 2.22. The van der Waals surface area contributed by atoms with Crippen LogP contribution in [0.25, 0.3) is 0 Å². The number of nitrogens with one attached hydrogen (secondary N) is 1. The predicted octanol–water partition coefficient (Wildman–Crippen LogP) is 3.61. The Morgan fingerprint density at radius 1 is 1.21 bits per heavy atom. The van der Waals surface area contributed by atoms with E-state index in [0.29, 0.717) is 16.1 Å². The fourth-order valence-electron chi connectivity index (χ4n) is 2.58. The van der Waals surface area contributed by atoms with Crippen LogP contribution in [0.1, 0.15) is 25.3 Å². The molecular formula is C15H22Cl2N2. The van der Waals surface area contributed by atoms with Gasteiger partial charge in [0.2, 0.25) is 0 Å². The standard InChI is InChI=1S/C15H22Cl2N2/c1-12(11-19-8-2-3-9-19)18-7-6-13-4-5-14(16)15(17)10-13/h4-5,10,12,18H,2-3,6-9,11H2,1H3. The molecule has 1 fully saturated rings. The second-order valence-electron chi connectivity index (χ2n) is 5.36. The SMILES string of the molecule is CC(CN1CCCC1)NCCc1ccc(Cl)c(Cl)c1. The molecule has 2 nitrogen and oxygen atoms in total. The molecule has 0 saturated carbocycles. The van der Waals surface area contributed by atoms with E-state index < -0.39 is 0 Å². The lowest BCUT2D eigenvalue weighted by Crippen LogP contribution is -2.38. The van der Waals surface area contributed by atoms with Gasteiger partial charge in [-0.15, -0.1) is 0 Å². The number of nitrogens with zero attached hydrogens (tertiary/aromatic N) is 1. The third-order valence-corrected chi connectivity index (χ3v) is 4.36. The van der Waals surface area contributed by atoms with E-state index in [9.17, 15) is 0 Å². The number of hydrogen-bond donors (Lipinski definition) is 1. The van der Waals surface area contributed by atoms with Crippen molar-refractivity contribution in [3.8, 4) is 0 Å². The summed E-state index contributed by atoms with van der Waals surface area (Å²) < 4.78 is 0. The molecule has 1 heterocycles. The Bertz CT molecular complexity index is 403. The molecule has 1 aromatic carbocycles. The van der Waals surface area contributed by atoms with Crippen molar-refractivity contribution in [2.75, 3.05) is 26.2 Å². The molecule has 0 aromatic heterocycles. The van der Waals surface area contributed by atoms with Crippen LogP contribution in [0.2, 0.25) is 10.0 Å². The lowest BCUT2D eigenvalue weighted by Gasteiger charge is -2.21. The third kappa shape index (κ3) is 4.96. The fraction of sp³-hybridized carbons (Fsp3) is 0.600. The molecule has 1 saturated heterocycles. The van der Waals surface area contributed by atoms with Gasteiger partial charge in [-0.1, -0.05) is 29.3 Å². The van der Waals surface area contributed by atoms with Crippen LogP contribution < -0.4 is 5.32 Å². The van der Waals surface area contributed by atoms with Crippen LogP contribution >= 0.6 is 23.2 Å². The van der Waals surface area contributed by atoms with E-state index in [1.807, 2.05) is 18.2 Å². The van der Waals surface area contributed by atoms with Gasteiger partial charge in [0.25, 0.3) is 0 Å². The van der Waals surface area contributed by atoms with E-state index >= 15 is 0 Å². The smallest absolute Gasteiger partial charge is 0.0595 e. The first-order valence-electron chi connectivity index (χ1n) is 7.05. The maximum atomic E-state index is 6.01. The van der Waals surface area contributed by atoms with Gasteiger partial charge in [0.1, 0.15) is 0 Å². The first-order chi connectivity index (χ1) is 9.15. The van der Waals surface area contributed by atoms with Crippen LogP contribution in [-0.2, 0) is 6.42 Å². The van der Waals surface area contributed by atoms with E-state index in [-0.39, 0.29) is 0 Å². The van der Waals surface area contributed by atoms with Crippen molar-refractivity contribution in [1.29, 1.82) is 0 Å². The molecule has 2 rings (SSSR count). The summed E-state index contributed by atoms with van der Waals surface area (Å²) in [6.07, 6.45) is 3.70. The Hall–Kier alpha value is -0.280. The zero-order valence-corrected chi connectivity index (χ0v) is 13.0. The van der Waals surface area contributed by atoms with Crippen molar-refractivity contribution in [1.82, 2.24) is 10.2 Å². The molecule has 1 aliphatic heterocycles. The number of benzene rings is 1. The Morgan fingerprint density at radius 2 is 1.95 bits per heavy atom. The van der Waals surface area contributed by atoms with Crippen LogP contribution in [0.4, 0.5) is 0 Å². The maximum Gasteiger partial charge on any atom is 0.0595 e. The van der Waals surface area contributed by atoms with Gasteiger partial charge in [0, 0.05) is 12.6 Å². The summed E-state index contributed by atoms with van der Waals surface area (Å²) >= 11 is 11.9. The Labute approximate surface area is 126 Å². The normalized spacial score (nSPS) is 17.8. The van der Waals surface area contributed by atoms with Crippen molar-refractivity contribution < 1.29 is 0 Å². The third-order valence-electron chi connectivity index (χ3n) is 3.62. The predicted molar refractivity (Wildman–Crippen MR) is 83.3 cm³/mol. The molecule has 1 N–H and O–H groups in total. The summed E-state index contributed by atoms with van der Waals surface area (Å²) in [6, 6.07) is 6.41. The van der Waals surface area contributed by atoms with Crippen LogP contribution in [0.3, 0.4) is 0 Å². The first kappa shape index (κ1) is 15.1. The lowest BCUT2D eigenvalue weighted by molar-refractivity contribution is 0.299. The van der Waals surface area contributed by atoms with Crippen molar-refractivity contribution in [3.63, 3.8) is 0 Å². The van der Waals surface area contributed by atoms with Crippen molar-refractivity contribution in [2.45, 2.75) is 32.2 Å². The number of rotatable bonds is 6. The number of likely N-dealkylation sites (tertiary alicyclic amines) is 1. The summed E-state index contributed by atoms with van der Waals surface area (Å²) in [5.41, 5.74) is 1.23. The molecule has 0 aliphatic carbocycles. The van der Waals surface area contributed by atoms with E-state index in [1.165, 1.54) is 31.5 Å². The molecule has 19 heavy (non-hydrogen) atoms. The highest BCUT2D eigenvalue weighted by molar-refractivity contribution is 6.42. The molecule has 1 aliphatic rings. The molecule has 1 atom stereocenters. The Balaban J connectivity index is 1.68. The van der Waals surface area contributed by atoms with E-state index in [0.717, 1.165) is 19.5 Å². The number of halogens is 2. The molecular weight excluding hydrogens is 279 g/mol. The minimum absolute atomic E-state index is 0.542. The average Bonchev–Trinajstić information content (AvgIpc) is 2.86. The van der Waals surface area contributed by atoms with Crippen molar-refractivity contribution in [3.05, 3.63) is 33.8 Å². The maximum absolute atomic E-state index is 6.01. The number of hydrogen-bond acceptors (Lipinski definition) is 2. The van der Waals surface area contributed by atoms with Gasteiger partial charge in [0.05, 0.1) is 10.0 Å². The van der Waals surface area contributed by atoms with Gasteiger partial charge < -0.3 is 10.2 Å². The minimum Gasteiger partial charge on any atom is -0.313 e. The zero-order valence-electron chi connectivity index (χ0n) is 11.5. The van der Waals surface area contributed by atoms with E-state index in [2.05, 4.69) is 17.1 Å². The molecule has 0 amide bonds. The second kappa shape index (κ2) is 7.49. The van der Waals surface area contributed by atoms with Gasteiger partial charge in [-0.3, -0.25) is 0 Å².